The van der Waals surface area contributed by atoms with Crippen LogP contribution in [0.3, 0.4) is 0 Å². The maximum Gasteiger partial charge on any atom is 0.341 e. The summed E-state index contributed by atoms with van der Waals surface area (Å²) in [6.07, 6.45) is 21.0. The van der Waals surface area contributed by atoms with Crippen LogP contribution in [0.15, 0.2) is 12.1 Å². The van der Waals surface area contributed by atoms with Gasteiger partial charge in [0.15, 0.2) is 0 Å². The lowest BCUT2D eigenvalue weighted by molar-refractivity contribution is 0.399. The van der Waals surface area contributed by atoms with E-state index in [1.165, 1.54) is 96.3 Å². The Hall–Kier alpha value is -0.763. The third kappa shape index (κ3) is 3.91. The highest BCUT2D eigenvalue weighted by molar-refractivity contribution is 6.00. The van der Waals surface area contributed by atoms with Gasteiger partial charge in [-0.25, -0.2) is 0 Å². The summed E-state index contributed by atoms with van der Waals surface area (Å²) in [6, 6.07) is 4.73. The van der Waals surface area contributed by atoms with E-state index >= 15 is 0 Å². The van der Waals surface area contributed by atoms with Crippen LogP contribution in [-0.2, 0) is 0 Å². The summed E-state index contributed by atoms with van der Waals surface area (Å²) in [5.74, 6) is 3.41. The smallest absolute Gasteiger partial charge is 0.341 e. The molecule has 0 atom stereocenters. The van der Waals surface area contributed by atoms with Crippen LogP contribution in [-0.4, -0.2) is 10.5 Å². The Balaban J connectivity index is 1.79. The lowest BCUT2D eigenvalue weighted by Gasteiger charge is -2.35. The fourth-order valence-corrected chi connectivity index (χ4v) is 6.33. The summed E-state index contributed by atoms with van der Waals surface area (Å²) in [5.41, 5.74) is 5.07. The first kappa shape index (κ1) is 18.6. The Morgan fingerprint density at radius 1 is 0.577 bits per heavy atom. The molecule has 0 saturated heterocycles. The van der Waals surface area contributed by atoms with Gasteiger partial charge in [0.25, 0.3) is 0 Å². The van der Waals surface area contributed by atoms with E-state index in [1.54, 1.807) is 16.7 Å². The normalized spacial score (nSPS) is 23.9. The average Bonchev–Trinajstić information content (AvgIpc) is 2.74. The highest BCUT2D eigenvalue weighted by Gasteiger charge is 2.31. The predicted octanol–water partition coefficient (Wildman–Crippen LogP) is 7.29. The van der Waals surface area contributed by atoms with Crippen molar-refractivity contribution in [3.8, 4) is 5.75 Å². The molecule has 0 unspecified atom stereocenters. The molecule has 1 aromatic carbocycles. The van der Waals surface area contributed by atoms with E-state index in [1.807, 2.05) is 0 Å². The summed E-state index contributed by atoms with van der Waals surface area (Å²) < 4.78 is 5.78. The second-order valence-corrected chi connectivity index (χ2v) is 9.29. The molecule has 141 valence electrons. The van der Waals surface area contributed by atoms with Crippen molar-refractivity contribution in [2.45, 2.75) is 114 Å². The van der Waals surface area contributed by atoms with Crippen molar-refractivity contribution in [2.24, 2.45) is 0 Å². The number of rotatable bonds is 4. The summed E-state index contributed by atoms with van der Waals surface area (Å²) in [7, 11) is 3.41. The van der Waals surface area contributed by atoms with Gasteiger partial charge in [-0.05, 0) is 79.0 Å². The first-order chi connectivity index (χ1) is 12.9. The second kappa shape index (κ2) is 8.95. The second-order valence-electron chi connectivity index (χ2n) is 9.09. The summed E-state index contributed by atoms with van der Waals surface area (Å²) >= 11 is 0. The molecule has 0 heterocycles. The molecule has 26 heavy (non-hydrogen) atoms. The SMILES string of the molecule is [Si]Oc1ccc(C2CCCCC2)c(C2CCCCC2)c1C1CCCCC1. The van der Waals surface area contributed by atoms with Gasteiger partial charge >= 0.3 is 10.5 Å². The Kier molecular flexibility index (Phi) is 6.40. The van der Waals surface area contributed by atoms with E-state index in [2.05, 4.69) is 22.6 Å². The van der Waals surface area contributed by atoms with Crippen molar-refractivity contribution < 1.29 is 4.43 Å². The van der Waals surface area contributed by atoms with Gasteiger partial charge in [0.2, 0.25) is 0 Å². The van der Waals surface area contributed by atoms with Crippen molar-refractivity contribution in [3.63, 3.8) is 0 Å². The molecule has 3 aliphatic carbocycles. The molecular weight excluding hydrogens is 332 g/mol. The molecule has 4 rings (SSSR count). The lowest BCUT2D eigenvalue weighted by Crippen LogP contribution is -2.18. The fraction of sp³-hybridized carbons (Fsp3) is 0.750. The van der Waals surface area contributed by atoms with Crippen molar-refractivity contribution >= 4 is 10.5 Å². The van der Waals surface area contributed by atoms with E-state index in [-0.39, 0.29) is 0 Å². The molecule has 0 N–H and O–H groups in total. The van der Waals surface area contributed by atoms with E-state index in [9.17, 15) is 0 Å². The van der Waals surface area contributed by atoms with Gasteiger partial charge in [0.05, 0.1) is 0 Å². The third-order valence-corrected chi connectivity index (χ3v) is 7.68. The van der Waals surface area contributed by atoms with Crippen LogP contribution in [0.5, 0.6) is 5.75 Å². The molecule has 0 aromatic heterocycles. The monoisotopic (exact) mass is 367 g/mol. The fourth-order valence-electron chi connectivity index (χ4n) is 6.15. The number of hydrogen-bond donors (Lipinski definition) is 0. The van der Waals surface area contributed by atoms with Gasteiger partial charge in [-0.1, -0.05) is 63.9 Å². The van der Waals surface area contributed by atoms with Gasteiger partial charge in [0.1, 0.15) is 5.75 Å². The zero-order valence-electron chi connectivity index (χ0n) is 16.4. The minimum Gasteiger partial charge on any atom is -0.540 e. The van der Waals surface area contributed by atoms with Gasteiger partial charge < -0.3 is 4.43 Å². The molecular formula is C24H35OSi. The lowest BCUT2D eigenvalue weighted by atomic mass is 9.70. The van der Waals surface area contributed by atoms with Crippen LogP contribution < -0.4 is 4.43 Å². The zero-order chi connectivity index (χ0) is 17.8. The predicted molar refractivity (Wildman–Crippen MR) is 110 cm³/mol. The molecule has 0 bridgehead atoms. The molecule has 3 aliphatic rings. The molecule has 3 fully saturated rings. The van der Waals surface area contributed by atoms with Crippen LogP contribution in [0.2, 0.25) is 0 Å². The van der Waals surface area contributed by atoms with E-state index in [0.717, 1.165) is 23.5 Å². The first-order valence-corrected chi connectivity index (χ1v) is 11.8. The highest BCUT2D eigenvalue weighted by Crippen LogP contribution is 2.49. The minimum atomic E-state index is 0.718. The zero-order valence-corrected chi connectivity index (χ0v) is 17.4. The molecule has 1 aromatic rings. The van der Waals surface area contributed by atoms with Crippen LogP contribution in [0.4, 0.5) is 0 Å². The van der Waals surface area contributed by atoms with Gasteiger partial charge in [-0.15, -0.1) is 0 Å². The Morgan fingerprint density at radius 3 is 1.54 bits per heavy atom. The van der Waals surface area contributed by atoms with Crippen LogP contribution in [0.1, 0.15) is 131 Å². The molecule has 1 nitrogen and oxygen atoms in total. The molecule has 3 radical (unpaired) electrons. The summed E-state index contributed by atoms with van der Waals surface area (Å²) in [6.45, 7) is 0. The largest absolute Gasteiger partial charge is 0.540 e. The molecule has 0 aliphatic heterocycles. The van der Waals surface area contributed by atoms with Gasteiger partial charge in [-0.2, -0.15) is 0 Å². The van der Waals surface area contributed by atoms with E-state index in [4.69, 9.17) is 4.43 Å². The van der Waals surface area contributed by atoms with Gasteiger partial charge in [-0.3, -0.25) is 0 Å². The maximum absolute atomic E-state index is 5.78. The molecule has 3 saturated carbocycles. The van der Waals surface area contributed by atoms with Crippen LogP contribution in [0, 0.1) is 0 Å². The van der Waals surface area contributed by atoms with Crippen molar-refractivity contribution in [2.75, 3.05) is 0 Å². The number of benzene rings is 1. The topological polar surface area (TPSA) is 9.23 Å². The van der Waals surface area contributed by atoms with Crippen molar-refractivity contribution in [3.05, 3.63) is 28.8 Å². The maximum atomic E-state index is 5.78. The summed E-state index contributed by atoms with van der Waals surface area (Å²) in [4.78, 5) is 0. The van der Waals surface area contributed by atoms with Gasteiger partial charge in [0, 0.05) is 0 Å². The van der Waals surface area contributed by atoms with E-state index < -0.39 is 0 Å². The molecule has 0 amide bonds. The van der Waals surface area contributed by atoms with Crippen LogP contribution in [0.25, 0.3) is 0 Å². The summed E-state index contributed by atoms with van der Waals surface area (Å²) in [5, 5.41) is 0. The Bertz CT molecular complexity index is 578. The van der Waals surface area contributed by atoms with Crippen molar-refractivity contribution in [1.29, 1.82) is 0 Å². The molecule has 2 heteroatoms. The Labute approximate surface area is 163 Å². The van der Waals surface area contributed by atoms with Crippen molar-refractivity contribution in [1.82, 2.24) is 0 Å². The molecule has 0 spiro atoms. The highest BCUT2D eigenvalue weighted by atomic mass is 28.2. The Morgan fingerprint density at radius 2 is 1.04 bits per heavy atom. The first-order valence-electron chi connectivity index (χ1n) is 11.4. The van der Waals surface area contributed by atoms with E-state index in [0.29, 0.717) is 0 Å². The standard InChI is InChI=1S/C24H35OSi/c26-25-22-17-16-21(18-10-4-1-5-11-18)23(19-12-6-2-7-13-19)24(22)20-14-8-3-9-15-20/h16-20H,1-15H2. The third-order valence-electron chi connectivity index (χ3n) is 7.46. The average molecular weight is 368 g/mol. The minimum absolute atomic E-state index is 0.718. The van der Waals surface area contributed by atoms with Crippen LogP contribution >= 0.6 is 0 Å². The number of hydrogen-bond acceptors (Lipinski definition) is 1. The quantitative estimate of drug-likeness (QED) is 0.508.